The van der Waals surface area contributed by atoms with Crippen molar-refractivity contribution in [3.8, 4) is 0 Å². The normalized spacial score (nSPS) is 14.9. The van der Waals surface area contributed by atoms with Crippen LogP contribution >= 0.6 is 11.3 Å². The molecule has 2 aromatic heterocycles. The SMILES string of the molecule is c1csc(CCn2ccc3cccc(CNC4CC4)c32)c1. The molecule has 0 amide bonds. The van der Waals surface area contributed by atoms with E-state index in [4.69, 9.17) is 0 Å². The molecular formula is C18H20N2S. The van der Waals surface area contributed by atoms with Crippen LogP contribution in [0.4, 0.5) is 0 Å². The first-order valence-corrected chi connectivity index (χ1v) is 8.60. The molecule has 1 N–H and O–H groups in total. The molecule has 1 aliphatic rings. The molecule has 4 rings (SSSR count). The molecular weight excluding hydrogens is 276 g/mol. The molecule has 3 heteroatoms. The van der Waals surface area contributed by atoms with Crippen molar-refractivity contribution < 1.29 is 0 Å². The van der Waals surface area contributed by atoms with Crippen LogP contribution in [0.2, 0.25) is 0 Å². The Balaban J connectivity index is 1.58. The van der Waals surface area contributed by atoms with Gasteiger partial charge in [0, 0.05) is 30.2 Å². The van der Waals surface area contributed by atoms with Crippen molar-refractivity contribution in [3.05, 3.63) is 58.4 Å². The van der Waals surface area contributed by atoms with Gasteiger partial charge in [-0.05, 0) is 47.7 Å². The van der Waals surface area contributed by atoms with Gasteiger partial charge < -0.3 is 9.88 Å². The molecule has 1 aromatic carbocycles. The number of nitrogens with zero attached hydrogens (tertiary/aromatic N) is 1. The predicted octanol–water partition coefficient (Wildman–Crippen LogP) is 4.20. The maximum Gasteiger partial charge on any atom is 0.0525 e. The van der Waals surface area contributed by atoms with Gasteiger partial charge in [0.1, 0.15) is 0 Å². The van der Waals surface area contributed by atoms with E-state index in [0.717, 1.165) is 25.6 Å². The lowest BCUT2D eigenvalue weighted by Crippen LogP contribution is -2.16. The first-order valence-electron chi connectivity index (χ1n) is 7.73. The molecule has 0 saturated heterocycles. The third kappa shape index (κ3) is 2.89. The Kier molecular flexibility index (Phi) is 3.53. The summed E-state index contributed by atoms with van der Waals surface area (Å²) in [7, 11) is 0. The van der Waals surface area contributed by atoms with E-state index in [9.17, 15) is 0 Å². The van der Waals surface area contributed by atoms with Crippen molar-refractivity contribution >= 4 is 22.2 Å². The van der Waals surface area contributed by atoms with Gasteiger partial charge in [-0.1, -0.05) is 24.3 Å². The Morgan fingerprint density at radius 1 is 1.14 bits per heavy atom. The lowest BCUT2D eigenvalue weighted by Gasteiger charge is -2.10. The van der Waals surface area contributed by atoms with Crippen LogP contribution in [0.25, 0.3) is 10.9 Å². The number of thiophene rings is 1. The molecule has 2 heterocycles. The number of hydrogen-bond donors (Lipinski definition) is 1. The first kappa shape index (κ1) is 13.1. The molecule has 108 valence electrons. The van der Waals surface area contributed by atoms with Gasteiger partial charge in [-0.15, -0.1) is 11.3 Å². The Labute approximate surface area is 129 Å². The Bertz CT molecular complexity index is 723. The van der Waals surface area contributed by atoms with Crippen molar-refractivity contribution in [1.82, 2.24) is 9.88 Å². The van der Waals surface area contributed by atoms with Gasteiger partial charge in [0.05, 0.1) is 5.52 Å². The number of benzene rings is 1. The standard InChI is InChI=1S/C18H20N2S/c1-3-14-8-10-20(11-9-17-5-2-12-21-17)18(14)15(4-1)13-19-16-6-7-16/h1-5,8,10,12,16,19H,6-7,9,11,13H2. The fraction of sp³-hybridized carbons (Fsp3) is 0.333. The summed E-state index contributed by atoms with van der Waals surface area (Å²) in [5.74, 6) is 0. The molecule has 0 atom stereocenters. The molecule has 0 bridgehead atoms. The lowest BCUT2D eigenvalue weighted by atomic mass is 10.1. The van der Waals surface area contributed by atoms with Gasteiger partial charge >= 0.3 is 0 Å². The van der Waals surface area contributed by atoms with Gasteiger partial charge in [-0.2, -0.15) is 0 Å². The molecule has 21 heavy (non-hydrogen) atoms. The number of para-hydroxylation sites is 1. The number of hydrogen-bond acceptors (Lipinski definition) is 2. The third-order valence-electron chi connectivity index (χ3n) is 4.21. The summed E-state index contributed by atoms with van der Waals surface area (Å²) in [6.45, 7) is 2.05. The van der Waals surface area contributed by atoms with Gasteiger partial charge in [0.25, 0.3) is 0 Å². The second-order valence-electron chi connectivity index (χ2n) is 5.85. The van der Waals surface area contributed by atoms with Crippen LogP contribution in [0, 0.1) is 0 Å². The Morgan fingerprint density at radius 3 is 2.90 bits per heavy atom. The van der Waals surface area contributed by atoms with Crippen LogP contribution < -0.4 is 5.32 Å². The first-order chi connectivity index (χ1) is 10.4. The van der Waals surface area contributed by atoms with Crippen LogP contribution in [-0.4, -0.2) is 10.6 Å². The fourth-order valence-corrected chi connectivity index (χ4v) is 3.60. The summed E-state index contributed by atoms with van der Waals surface area (Å²) in [4.78, 5) is 1.46. The van der Waals surface area contributed by atoms with E-state index < -0.39 is 0 Å². The number of aromatic nitrogens is 1. The van der Waals surface area contributed by atoms with Gasteiger partial charge in [0.2, 0.25) is 0 Å². The van der Waals surface area contributed by atoms with Crippen molar-refractivity contribution in [2.24, 2.45) is 0 Å². The summed E-state index contributed by atoms with van der Waals surface area (Å²) in [5.41, 5.74) is 2.83. The lowest BCUT2D eigenvalue weighted by molar-refractivity contribution is 0.680. The summed E-state index contributed by atoms with van der Waals surface area (Å²) in [6.07, 6.45) is 6.04. The van der Waals surface area contributed by atoms with Crippen LogP contribution in [0.15, 0.2) is 48.0 Å². The van der Waals surface area contributed by atoms with Crippen molar-refractivity contribution in [3.63, 3.8) is 0 Å². The second-order valence-corrected chi connectivity index (χ2v) is 6.88. The van der Waals surface area contributed by atoms with Crippen molar-refractivity contribution in [2.45, 2.75) is 38.4 Å². The van der Waals surface area contributed by atoms with E-state index in [2.05, 4.69) is 57.9 Å². The zero-order valence-electron chi connectivity index (χ0n) is 12.1. The molecule has 0 radical (unpaired) electrons. The highest BCUT2D eigenvalue weighted by molar-refractivity contribution is 7.09. The number of fused-ring (bicyclic) bond motifs is 1. The minimum absolute atomic E-state index is 0.759. The van der Waals surface area contributed by atoms with E-state index in [1.54, 1.807) is 0 Å². The third-order valence-corrected chi connectivity index (χ3v) is 5.15. The molecule has 0 aliphatic heterocycles. The van der Waals surface area contributed by atoms with Crippen LogP contribution in [0.1, 0.15) is 23.3 Å². The average molecular weight is 296 g/mol. The summed E-state index contributed by atoms with van der Waals surface area (Å²) < 4.78 is 2.42. The molecule has 3 aromatic rings. The van der Waals surface area contributed by atoms with Crippen molar-refractivity contribution in [1.29, 1.82) is 0 Å². The largest absolute Gasteiger partial charge is 0.347 e. The zero-order chi connectivity index (χ0) is 14.1. The topological polar surface area (TPSA) is 17.0 Å². The number of nitrogens with one attached hydrogen (secondary N) is 1. The highest BCUT2D eigenvalue weighted by Crippen LogP contribution is 2.24. The van der Waals surface area contributed by atoms with Crippen LogP contribution in [-0.2, 0) is 19.5 Å². The maximum atomic E-state index is 3.64. The van der Waals surface area contributed by atoms with E-state index >= 15 is 0 Å². The minimum Gasteiger partial charge on any atom is -0.347 e. The molecule has 2 nitrogen and oxygen atoms in total. The van der Waals surface area contributed by atoms with Gasteiger partial charge in [0.15, 0.2) is 0 Å². The monoisotopic (exact) mass is 296 g/mol. The quantitative estimate of drug-likeness (QED) is 0.721. The Morgan fingerprint density at radius 2 is 2.10 bits per heavy atom. The maximum absolute atomic E-state index is 3.64. The second kappa shape index (κ2) is 5.66. The number of aryl methyl sites for hydroxylation is 2. The highest BCUT2D eigenvalue weighted by Gasteiger charge is 2.20. The van der Waals surface area contributed by atoms with Crippen LogP contribution in [0.3, 0.4) is 0 Å². The predicted molar refractivity (Wildman–Crippen MR) is 89.8 cm³/mol. The Hall–Kier alpha value is -1.58. The molecule has 1 saturated carbocycles. The minimum atomic E-state index is 0.759. The fourth-order valence-electron chi connectivity index (χ4n) is 2.90. The summed E-state index contributed by atoms with van der Waals surface area (Å²) in [5, 5.41) is 7.16. The van der Waals surface area contributed by atoms with Gasteiger partial charge in [-0.25, -0.2) is 0 Å². The smallest absolute Gasteiger partial charge is 0.0525 e. The molecule has 0 spiro atoms. The number of rotatable bonds is 6. The van der Waals surface area contributed by atoms with Gasteiger partial charge in [-0.3, -0.25) is 0 Å². The van der Waals surface area contributed by atoms with E-state index in [1.165, 1.54) is 34.2 Å². The van der Waals surface area contributed by atoms with E-state index in [-0.39, 0.29) is 0 Å². The molecule has 1 fully saturated rings. The van der Waals surface area contributed by atoms with E-state index in [1.807, 2.05) is 11.3 Å². The summed E-state index contributed by atoms with van der Waals surface area (Å²) in [6, 6.07) is 14.0. The summed E-state index contributed by atoms with van der Waals surface area (Å²) >= 11 is 1.85. The van der Waals surface area contributed by atoms with Crippen LogP contribution in [0.5, 0.6) is 0 Å². The van der Waals surface area contributed by atoms with Crippen molar-refractivity contribution in [2.75, 3.05) is 0 Å². The zero-order valence-corrected chi connectivity index (χ0v) is 12.9. The highest BCUT2D eigenvalue weighted by atomic mass is 32.1. The molecule has 1 aliphatic carbocycles. The average Bonchev–Trinajstić information content (AvgIpc) is 3.01. The molecule has 0 unspecified atom stereocenters. The van der Waals surface area contributed by atoms with E-state index in [0.29, 0.717) is 0 Å².